The average Bonchev–Trinajstić information content (AvgIpc) is 3.29. The molecule has 1 aliphatic rings. The van der Waals surface area contributed by atoms with Crippen molar-refractivity contribution in [3.63, 3.8) is 0 Å². The van der Waals surface area contributed by atoms with Crippen molar-refractivity contribution in [1.82, 2.24) is 25.4 Å². The quantitative estimate of drug-likeness (QED) is 0.703. The van der Waals surface area contributed by atoms with Gasteiger partial charge in [-0.1, -0.05) is 30.3 Å². The van der Waals surface area contributed by atoms with E-state index in [4.69, 9.17) is 9.72 Å². The lowest BCUT2D eigenvalue weighted by Crippen LogP contribution is -2.30. The van der Waals surface area contributed by atoms with Gasteiger partial charge in [-0.3, -0.25) is 10.4 Å². The Labute approximate surface area is 159 Å². The number of rotatable bonds is 6. The van der Waals surface area contributed by atoms with Crippen LogP contribution >= 0.6 is 0 Å². The van der Waals surface area contributed by atoms with Crippen molar-refractivity contribution < 1.29 is 4.74 Å². The van der Waals surface area contributed by atoms with Gasteiger partial charge in [0.2, 0.25) is 0 Å². The highest BCUT2D eigenvalue weighted by molar-refractivity contribution is 5.62. The van der Waals surface area contributed by atoms with Gasteiger partial charge in [0.15, 0.2) is 0 Å². The Morgan fingerprint density at radius 1 is 1.19 bits per heavy atom. The van der Waals surface area contributed by atoms with Crippen LogP contribution in [0.1, 0.15) is 32.0 Å². The Morgan fingerprint density at radius 2 is 2.04 bits per heavy atom. The zero-order valence-corrected chi connectivity index (χ0v) is 15.7. The second-order valence-corrected chi connectivity index (χ2v) is 7.09. The number of benzene rings is 1. The number of hydrazine groups is 1. The first-order chi connectivity index (χ1) is 13.2. The number of hydrogen-bond donors (Lipinski definition) is 2. The predicted octanol–water partition coefficient (Wildman–Crippen LogP) is 3.34. The normalized spacial score (nSPS) is 20.5. The first kappa shape index (κ1) is 17.7. The maximum Gasteiger partial charge on any atom is 0.138 e. The van der Waals surface area contributed by atoms with Crippen molar-refractivity contribution in [2.45, 2.75) is 45.0 Å². The molecule has 3 aromatic rings. The van der Waals surface area contributed by atoms with Gasteiger partial charge in [0.1, 0.15) is 11.9 Å². The Morgan fingerprint density at radius 3 is 2.74 bits per heavy atom. The minimum atomic E-state index is -0.00226. The summed E-state index contributed by atoms with van der Waals surface area (Å²) in [5.41, 5.74) is 10.1. The number of ether oxygens (including phenoxy) is 1. The van der Waals surface area contributed by atoms with Crippen molar-refractivity contribution >= 4 is 0 Å². The molecule has 3 unspecified atom stereocenters. The van der Waals surface area contributed by atoms with E-state index in [0.29, 0.717) is 6.04 Å². The number of aromatic nitrogens is 3. The lowest BCUT2D eigenvalue weighted by atomic mass is 10.0. The van der Waals surface area contributed by atoms with E-state index in [0.717, 1.165) is 30.0 Å². The Bertz CT molecular complexity index is 865. The third-order valence-electron chi connectivity index (χ3n) is 4.77. The van der Waals surface area contributed by atoms with Crippen molar-refractivity contribution in [2.75, 3.05) is 0 Å². The van der Waals surface area contributed by atoms with E-state index in [1.165, 1.54) is 5.69 Å². The molecule has 0 bridgehead atoms. The summed E-state index contributed by atoms with van der Waals surface area (Å²) in [5, 5.41) is 0. The van der Waals surface area contributed by atoms with Crippen LogP contribution in [0.4, 0.5) is 0 Å². The van der Waals surface area contributed by atoms with Gasteiger partial charge in [-0.2, -0.15) is 0 Å². The summed E-state index contributed by atoms with van der Waals surface area (Å²) < 4.78 is 8.23. The summed E-state index contributed by atoms with van der Waals surface area (Å²) in [6.07, 6.45) is 6.43. The molecular formula is C21H25N5O. The fraction of sp³-hybridized carbons (Fsp3) is 0.333. The van der Waals surface area contributed by atoms with Crippen LogP contribution in [0.3, 0.4) is 0 Å². The molecule has 2 N–H and O–H groups in total. The molecule has 1 saturated heterocycles. The Kier molecular flexibility index (Phi) is 5.18. The van der Waals surface area contributed by atoms with Crippen molar-refractivity contribution in [2.24, 2.45) is 0 Å². The highest BCUT2D eigenvalue weighted by atomic mass is 16.5. The SMILES string of the molecule is CC1CC(c2c(-c3ccccc3)ncn2CC(C)Oc2cccnc2)NN1. The van der Waals surface area contributed by atoms with Crippen LogP contribution in [0.2, 0.25) is 0 Å². The van der Waals surface area contributed by atoms with Gasteiger partial charge in [-0.05, 0) is 32.4 Å². The van der Waals surface area contributed by atoms with Crippen LogP contribution in [0.15, 0.2) is 61.2 Å². The summed E-state index contributed by atoms with van der Waals surface area (Å²) in [5.74, 6) is 0.782. The maximum atomic E-state index is 6.02. The molecule has 1 aromatic carbocycles. The van der Waals surface area contributed by atoms with Gasteiger partial charge < -0.3 is 9.30 Å². The van der Waals surface area contributed by atoms with Gasteiger partial charge in [-0.15, -0.1) is 0 Å². The van der Waals surface area contributed by atoms with Gasteiger partial charge in [-0.25, -0.2) is 10.4 Å². The van der Waals surface area contributed by atoms with Crippen molar-refractivity contribution in [1.29, 1.82) is 0 Å². The first-order valence-corrected chi connectivity index (χ1v) is 9.39. The van der Waals surface area contributed by atoms with Gasteiger partial charge in [0, 0.05) is 17.8 Å². The number of pyridine rings is 1. The van der Waals surface area contributed by atoms with Crippen LogP contribution in [-0.4, -0.2) is 26.7 Å². The minimum Gasteiger partial charge on any atom is -0.487 e. The molecule has 0 amide bonds. The van der Waals surface area contributed by atoms with Crippen molar-refractivity contribution in [3.8, 4) is 17.0 Å². The van der Waals surface area contributed by atoms with E-state index >= 15 is 0 Å². The smallest absolute Gasteiger partial charge is 0.138 e. The molecule has 0 radical (unpaired) electrons. The zero-order valence-electron chi connectivity index (χ0n) is 15.7. The summed E-state index contributed by atoms with van der Waals surface area (Å²) in [6, 6.07) is 14.8. The molecule has 6 nitrogen and oxygen atoms in total. The minimum absolute atomic E-state index is 0.00226. The number of hydrogen-bond acceptors (Lipinski definition) is 5. The highest BCUT2D eigenvalue weighted by Crippen LogP contribution is 2.31. The second kappa shape index (κ2) is 7.90. The molecule has 3 atom stereocenters. The lowest BCUT2D eigenvalue weighted by molar-refractivity contribution is 0.196. The monoisotopic (exact) mass is 363 g/mol. The average molecular weight is 363 g/mol. The fourth-order valence-corrected chi connectivity index (χ4v) is 3.58. The van der Waals surface area contributed by atoms with Crippen LogP contribution in [0.5, 0.6) is 5.75 Å². The van der Waals surface area contributed by atoms with Crippen molar-refractivity contribution in [3.05, 3.63) is 66.9 Å². The van der Waals surface area contributed by atoms with E-state index in [2.05, 4.69) is 58.5 Å². The largest absolute Gasteiger partial charge is 0.487 e. The fourth-order valence-electron chi connectivity index (χ4n) is 3.58. The molecule has 6 heteroatoms. The summed E-state index contributed by atoms with van der Waals surface area (Å²) in [4.78, 5) is 8.86. The van der Waals surface area contributed by atoms with E-state index < -0.39 is 0 Å². The van der Waals surface area contributed by atoms with E-state index in [1.54, 1.807) is 12.4 Å². The second-order valence-electron chi connectivity index (χ2n) is 7.09. The summed E-state index contributed by atoms with van der Waals surface area (Å²) in [7, 11) is 0. The predicted molar refractivity (Wildman–Crippen MR) is 105 cm³/mol. The topological polar surface area (TPSA) is 64.0 Å². The van der Waals surface area contributed by atoms with Gasteiger partial charge in [0.25, 0.3) is 0 Å². The summed E-state index contributed by atoms with van der Waals surface area (Å²) >= 11 is 0. The number of nitrogens with zero attached hydrogens (tertiary/aromatic N) is 3. The van der Waals surface area contributed by atoms with E-state index in [-0.39, 0.29) is 12.1 Å². The van der Waals surface area contributed by atoms with Gasteiger partial charge >= 0.3 is 0 Å². The molecule has 0 spiro atoms. The first-order valence-electron chi connectivity index (χ1n) is 9.39. The molecule has 1 aliphatic heterocycles. The molecule has 0 saturated carbocycles. The van der Waals surface area contributed by atoms with Crippen LogP contribution in [0, 0.1) is 0 Å². The molecule has 140 valence electrons. The zero-order chi connectivity index (χ0) is 18.6. The Balaban J connectivity index is 1.61. The molecule has 27 heavy (non-hydrogen) atoms. The van der Waals surface area contributed by atoms with Crippen LogP contribution < -0.4 is 15.6 Å². The molecule has 3 heterocycles. The number of imidazole rings is 1. The standard InChI is InChI=1S/C21H25N5O/c1-15-11-19(25-24-15)21-20(17-7-4-3-5-8-17)23-14-26(21)13-16(2)27-18-9-6-10-22-12-18/h3-10,12,14-16,19,24-25H,11,13H2,1-2H3. The summed E-state index contributed by atoms with van der Waals surface area (Å²) in [6.45, 7) is 4.97. The highest BCUT2D eigenvalue weighted by Gasteiger charge is 2.28. The molecule has 1 fully saturated rings. The van der Waals surface area contributed by atoms with E-state index in [9.17, 15) is 0 Å². The third kappa shape index (κ3) is 4.02. The lowest BCUT2D eigenvalue weighted by Gasteiger charge is -2.20. The third-order valence-corrected chi connectivity index (χ3v) is 4.77. The molecular weight excluding hydrogens is 338 g/mol. The molecule has 2 aromatic heterocycles. The maximum absolute atomic E-state index is 6.02. The Hall–Kier alpha value is -2.70. The molecule has 0 aliphatic carbocycles. The van der Waals surface area contributed by atoms with Crippen LogP contribution in [-0.2, 0) is 6.54 Å². The van der Waals surface area contributed by atoms with E-state index in [1.807, 2.05) is 24.5 Å². The number of nitrogens with one attached hydrogen (secondary N) is 2. The van der Waals surface area contributed by atoms with Crippen LogP contribution in [0.25, 0.3) is 11.3 Å². The van der Waals surface area contributed by atoms with Gasteiger partial charge in [0.05, 0.1) is 36.5 Å². The molecule has 4 rings (SSSR count).